The summed E-state index contributed by atoms with van der Waals surface area (Å²) in [7, 11) is 1.35. The molecule has 108 valence electrons. The Kier molecular flexibility index (Phi) is 3.59. The number of nitrogens with zero attached hydrogens (tertiary/aromatic N) is 1. The second-order valence-corrected chi connectivity index (χ2v) is 5.94. The fourth-order valence-electron chi connectivity index (χ4n) is 2.65. The highest BCUT2D eigenvalue weighted by molar-refractivity contribution is 7.99. The summed E-state index contributed by atoms with van der Waals surface area (Å²) in [6.07, 6.45) is 0. The largest absolute Gasteiger partial charge is 0.467 e. The fourth-order valence-corrected chi connectivity index (χ4v) is 4.03. The van der Waals surface area contributed by atoms with E-state index in [1.165, 1.54) is 18.9 Å². The van der Waals surface area contributed by atoms with E-state index in [2.05, 4.69) is 0 Å². The summed E-state index contributed by atoms with van der Waals surface area (Å²) in [4.78, 5) is 24.2. The summed E-state index contributed by atoms with van der Waals surface area (Å²) in [5, 5.41) is 0.849. The van der Waals surface area contributed by atoms with Crippen LogP contribution in [0.5, 0.6) is 0 Å². The van der Waals surface area contributed by atoms with Gasteiger partial charge in [0.05, 0.1) is 12.1 Å². The first-order valence-corrected chi connectivity index (χ1v) is 7.64. The first kappa shape index (κ1) is 13.9. The van der Waals surface area contributed by atoms with Gasteiger partial charge in [0.15, 0.2) is 0 Å². The van der Waals surface area contributed by atoms with E-state index in [-0.39, 0.29) is 11.5 Å². The molecule has 1 aliphatic rings. The average molecular weight is 301 g/mol. The molecule has 0 aliphatic carbocycles. The Morgan fingerprint density at radius 1 is 1.33 bits per heavy atom. The number of fused-ring (bicyclic) bond motifs is 1. The zero-order chi connectivity index (χ0) is 15.0. The smallest absolute Gasteiger partial charge is 0.329 e. The van der Waals surface area contributed by atoms with E-state index in [0.717, 1.165) is 21.7 Å². The van der Waals surface area contributed by atoms with Gasteiger partial charge in [-0.1, -0.05) is 30.3 Å². The number of rotatable bonds is 2. The van der Waals surface area contributed by atoms with E-state index < -0.39 is 6.04 Å². The predicted molar refractivity (Wildman–Crippen MR) is 82.7 cm³/mol. The molecule has 21 heavy (non-hydrogen) atoms. The van der Waals surface area contributed by atoms with E-state index in [1.807, 2.05) is 37.3 Å². The Hall–Kier alpha value is -2.01. The highest BCUT2D eigenvalue weighted by Gasteiger charge is 2.33. The van der Waals surface area contributed by atoms with Gasteiger partial charge in [0.1, 0.15) is 6.04 Å². The van der Waals surface area contributed by atoms with Crippen LogP contribution in [-0.2, 0) is 9.53 Å². The maximum absolute atomic E-state index is 12.3. The van der Waals surface area contributed by atoms with Crippen LogP contribution >= 0.6 is 11.8 Å². The van der Waals surface area contributed by atoms with Crippen LogP contribution < -0.4 is 5.56 Å². The maximum Gasteiger partial charge on any atom is 0.329 e. The van der Waals surface area contributed by atoms with Gasteiger partial charge in [0.25, 0.3) is 5.56 Å². The molecule has 1 unspecified atom stereocenters. The van der Waals surface area contributed by atoms with Crippen molar-refractivity contribution in [2.24, 2.45) is 0 Å². The molecule has 4 nitrogen and oxygen atoms in total. The predicted octanol–water partition coefficient (Wildman–Crippen LogP) is 2.64. The van der Waals surface area contributed by atoms with Gasteiger partial charge in [-0.05, 0) is 18.1 Å². The lowest BCUT2D eigenvalue weighted by Crippen LogP contribution is -2.29. The van der Waals surface area contributed by atoms with Crippen molar-refractivity contribution in [3.05, 3.63) is 52.3 Å². The van der Waals surface area contributed by atoms with E-state index in [9.17, 15) is 9.59 Å². The first-order valence-electron chi connectivity index (χ1n) is 6.65. The minimum atomic E-state index is -0.537. The van der Waals surface area contributed by atoms with Gasteiger partial charge < -0.3 is 4.74 Å². The molecule has 5 heteroatoms. The number of aryl methyl sites for hydroxylation is 1. The molecule has 0 amide bonds. The molecule has 0 radical (unpaired) electrons. The summed E-state index contributed by atoms with van der Waals surface area (Å²) in [5.74, 6) is 0.164. The van der Waals surface area contributed by atoms with Gasteiger partial charge in [0, 0.05) is 17.4 Å². The van der Waals surface area contributed by atoms with Gasteiger partial charge >= 0.3 is 5.97 Å². The van der Waals surface area contributed by atoms with Gasteiger partial charge in [-0.3, -0.25) is 9.36 Å². The number of hydrogen-bond donors (Lipinski definition) is 0. The minimum Gasteiger partial charge on any atom is -0.467 e. The Morgan fingerprint density at radius 3 is 2.71 bits per heavy atom. The van der Waals surface area contributed by atoms with Gasteiger partial charge in [0.2, 0.25) is 0 Å². The zero-order valence-electron chi connectivity index (χ0n) is 11.8. The van der Waals surface area contributed by atoms with Crippen molar-refractivity contribution in [3.63, 3.8) is 0 Å². The average Bonchev–Trinajstić information content (AvgIpc) is 2.92. The molecule has 1 aromatic heterocycles. The molecule has 0 spiro atoms. The summed E-state index contributed by atoms with van der Waals surface area (Å²) in [6, 6.07) is 11.0. The van der Waals surface area contributed by atoms with Gasteiger partial charge in [-0.25, -0.2) is 4.79 Å². The molecule has 3 rings (SSSR count). The lowest BCUT2D eigenvalue weighted by Gasteiger charge is -2.15. The highest BCUT2D eigenvalue weighted by Crippen LogP contribution is 2.40. The third-order valence-corrected chi connectivity index (χ3v) is 4.79. The number of carbonyl (C=O) groups excluding carboxylic acids is 1. The van der Waals surface area contributed by atoms with Gasteiger partial charge in [-0.2, -0.15) is 0 Å². The van der Waals surface area contributed by atoms with E-state index in [4.69, 9.17) is 4.74 Å². The topological polar surface area (TPSA) is 48.3 Å². The molecular formula is C16H15NO3S. The minimum absolute atomic E-state index is 0.150. The van der Waals surface area contributed by atoms with Crippen LogP contribution in [0.25, 0.3) is 11.1 Å². The molecule has 1 atom stereocenters. The van der Waals surface area contributed by atoms with Crippen molar-refractivity contribution in [3.8, 4) is 11.1 Å². The summed E-state index contributed by atoms with van der Waals surface area (Å²) in [6.45, 7) is 1.93. The normalized spacial score (nSPS) is 16.6. The Labute approximate surface area is 126 Å². The van der Waals surface area contributed by atoms with Crippen molar-refractivity contribution >= 4 is 17.7 Å². The zero-order valence-corrected chi connectivity index (χ0v) is 12.6. The van der Waals surface area contributed by atoms with E-state index in [0.29, 0.717) is 5.75 Å². The summed E-state index contributed by atoms with van der Waals surface area (Å²) < 4.78 is 6.37. The van der Waals surface area contributed by atoms with Crippen LogP contribution in [-0.4, -0.2) is 23.4 Å². The molecule has 0 N–H and O–H groups in total. The second-order valence-electron chi connectivity index (χ2n) is 4.93. The van der Waals surface area contributed by atoms with Crippen LogP contribution in [0.15, 0.2) is 46.2 Å². The summed E-state index contributed by atoms with van der Waals surface area (Å²) in [5.41, 5.74) is 2.85. The third kappa shape index (κ3) is 2.27. The molecular weight excluding hydrogens is 286 g/mol. The van der Waals surface area contributed by atoms with Gasteiger partial charge in [-0.15, -0.1) is 11.8 Å². The number of ether oxygens (including phenoxy) is 1. The molecule has 0 saturated heterocycles. The fraction of sp³-hybridized carbons (Fsp3) is 0.250. The highest BCUT2D eigenvalue weighted by atomic mass is 32.2. The molecule has 0 saturated carbocycles. The number of methoxy groups -OCH3 is 1. The Morgan fingerprint density at radius 2 is 2.05 bits per heavy atom. The number of thioether (sulfide) groups is 1. The molecule has 1 aliphatic heterocycles. The number of aromatic nitrogens is 1. The summed E-state index contributed by atoms with van der Waals surface area (Å²) >= 11 is 1.53. The lowest BCUT2D eigenvalue weighted by atomic mass is 10.0. The maximum atomic E-state index is 12.3. The number of benzene rings is 1. The molecule has 0 bridgehead atoms. The monoisotopic (exact) mass is 301 g/mol. The second kappa shape index (κ2) is 5.41. The van der Waals surface area contributed by atoms with Crippen LogP contribution in [0.3, 0.4) is 0 Å². The third-order valence-electron chi connectivity index (χ3n) is 3.63. The van der Waals surface area contributed by atoms with Crippen LogP contribution in [0.2, 0.25) is 0 Å². The number of pyridine rings is 1. The number of hydrogen-bond acceptors (Lipinski definition) is 4. The van der Waals surface area contributed by atoms with Crippen LogP contribution in [0.1, 0.15) is 11.6 Å². The van der Waals surface area contributed by atoms with E-state index in [1.54, 1.807) is 10.6 Å². The lowest BCUT2D eigenvalue weighted by molar-refractivity contribution is -0.143. The van der Waals surface area contributed by atoms with Crippen LogP contribution in [0, 0.1) is 6.92 Å². The quantitative estimate of drug-likeness (QED) is 0.800. The van der Waals surface area contributed by atoms with Crippen LogP contribution in [0.4, 0.5) is 0 Å². The Bertz CT molecular complexity index is 752. The SMILES string of the molecule is COC(=O)C1CSc2c(-c3ccccc3)c(C)cc(=O)n21. The standard InChI is InChI=1S/C16H15NO3S/c1-10-8-13(18)17-12(16(19)20-2)9-21-15(17)14(10)11-6-4-3-5-7-11/h3-8,12H,9H2,1-2H3. The molecule has 2 heterocycles. The van der Waals surface area contributed by atoms with Crippen molar-refractivity contribution < 1.29 is 9.53 Å². The number of esters is 1. The molecule has 0 fully saturated rings. The Balaban J connectivity index is 2.24. The van der Waals surface area contributed by atoms with Crippen molar-refractivity contribution in [2.75, 3.05) is 12.9 Å². The van der Waals surface area contributed by atoms with Crippen molar-refractivity contribution in [1.82, 2.24) is 4.57 Å². The van der Waals surface area contributed by atoms with E-state index >= 15 is 0 Å². The molecule has 2 aromatic rings. The number of carbonyl (C=O) groups is 1. The molecule has 1 aromatic carbocycles. The van der Waals surface area contributed by atoms with Crippen molar-refractivity contribution in [1.29, 1.82) is 0 Å². The van der Waals surface area contributed by atoms with Crippen molar-refractivity contribution in [2.45, 2.75) is 18.0 Å². The first-order chi connectivity index (χ1) is 10.1.